The minimum Gasteiger partial charge on any atom is -0.353 e. The van der Waals surface area contributed by atoms with Gasteiger partial charge in [0, 0.05) is 25.0 Å². The van der Waals surface area contributed by atoms with Crippen LogP contribution >= 0.6 is 0 Å². The normalized spacial score (nSPS) is 42.3. The summed E-state index contributed by atoms with van der Waals surface area (Å²) in [6.45, 7) is 5.25. The van der Waals surface area contributed by atoms with Crippen molar-refractivity contribution in [1.29, 1.82) is 0 Å². The van der Waals surface area contributed by atoms with Gasteiger partial charge < -0.3 is 5.32 Å². The maximum absolute atomic E-state index is 15.4. The second kappa shape index (κ2) is 6.27. The minimum absolute atomic E-state index is 0.0975. The summed E-state index contributed by atoms with van der Waals surface area (Å²) in [7, 11) is 0. The van der Waals surface area contributed by atoms with Crippen molar-refractivity contribution in [2.45, 2.75) is 52.1 Å². The molecule has 0 saturated heterocycles. The topological polar surface area (TPSA) is 42.0 Å². The van der Waals surface area contributed by atoms with E-state index in [1.54, 1.807) is 6.08 Å². The minimum atomic E-state index is -1.00. The molecular weight excluding hydrogens is 351 g/mol. The Hall–Kier alpha value is -1.97. The summed E-state index contributed by atoms with van der Waals surface area (Å²) >= 11 is 0. The maximum Gasteiger partial charge on any atom is 0.244 e. The summed E-state index contributed by atoms with van der Waals surface area (Å²) in [6.07, 6.45) is 11.4. The Labute approximate surface area is 166 Å². The van der Waals surface area contributed by atoms with Crippen molar-refractivity contribution in [3.8, 4) is 0 Å². The lowest BCUT2D eigenvalue weighted by Crippen LogP contribution is -2.51. The second-order valence-electron chi connectivity index (χ2n) is 9.69. The lowest BCUT2D eigenvalue weighted by molar-refractivity contribution is -0.116. The van der Waals surface area contributed by atoms with Gasteiger partial charge in [-0.3, -0.25) is 9.78 Å². The van der Waals surface area contributed by atoms with Crippen LogP contribution in [-0.4, -0.2) is 23.6 Å². The monoisotopic (exact) mass is 380 g/mol. The molecule has 2 saturated carbocycles. The maximum atomic E-state index is 15.4. The van der Waals surface area contributed by atoms with Crippen LogP contribution in [0.4, 0.5) is 4.39 Å². The van der Waals surface area contributed by atoms with Crippen LogP contribution < -0.4 is 5.32 Å². The van der Waals surface area contributed by atoms with E-state index in [1.165, 1.54) is 11.1 Å². The third kappa shape index (κ3) is 2.46. The van der Waals surface area contributed by atoms with Crippen LogP contribution in [-0.2, 0) is 4.79 Å². The van der Waals surface area contributed by atoms with Gasteiger partial charge in [0.2, 0.25) is 5.91 Å². The van der Waals surface area contributed by atoms with Gasteiger partial charge in [-0.2, -0.15) is 0 Å². The van der Waals surface area contributed by atoms with E-state index < -0.39 is 6.17 Å². The van der Waals surface area contributed by atoms with Crippen LogP contribution in [0.3, 0.4) is 0 Å². The van der Waals surface area contributed by atoms with E-state index in [0.717, 1.165) is 31.3 Å². The molecule has 3 aliphatic carbocycles. The molecule has 28 heavy (non-hydrogen) atoms. The average molecular weight is 381 g/mol. The van der Waals surface area contributed by atoms with Gasteiger partial charge in [-0.05, 0) is 83.5 Å². The molecule has 6 atom stereocenters. The number of allylic oxidation sites excluding steroid dienone is 3. The zero-order chi connectivity index (χ0) is 19.5. The number of carbonyl (C=O) groups is 1. The lowest BCUT2D eigenvalue weighted by atomic mass is 9.47. The highest BCUT2D eigenvalue weighted by Gasteiger charge is 2.58. The Morgan fingerprint density at radius 2 is 2.07 bits per heavy atom. The molecule has 2 heterocycles. The van der Waals surface area contributed by atoms with Crippen LogP contribution in [0.15, 0.2) is 42.3 Å². The molecule has 3 nitrogen and oxygen atoms in total. The predicted octanol–water partition coefficient (Wildman–Crippen LogP) is 4.71. The van der Waals surface area contributed by atoms with E-state index >= 15 is 4.39 Å². The predicted molar refractivity (Wildman–Crippen MR) is 108 cm³/mol. The highest BCUT2D eigenvalue weighted by Crippen LogP contribution is 2.66. The van der Waals surface area contributed by atoms with Gasteiger partial charge >= 0.3 is 0 Å². The first-order chi connectivity index (χ1) is 13.4. The number of nitrogens with one attached hydrogen (secondary N) is 1. The Morgan fingerprint density at radius 3 is 2.86 bits per heavy atom. The Balaban J connectivity index is 1.51. The van der Waals surface area contributed by atoms with Crippen molar-refractivity contribution in [1.82, 2.24) is 10.3 Å². The summed E-state index contributed by atoms with van der Waals surface area (Å²) in [5.41, 5.74) is 3.27. The molecule has 4 aliphatic rings. The first-order valence-corrected chi connectivity index (χ1v) is 10.7. The van der Waals surface area contributed by atoms with E-state index in [1.807, 2.05) is 18.5 Å². The third-order valence-corrected chi connectivity index (χ3v) is 8.52. The average Bonchev–Trinajstić information content (AvgIpc) is 2.94. The fraction of sp³-hybridized carbons (Fsp3) is 0.583. The number of rotatable bonds is 1. The van der Waals surface area contributed by atoms with Crippen molar-refractivity contribution < 1.29 is 9.18 Å². The van der Waals surface area contributed by atoms with E-state index in [2.05, 4.69) is 36.3 Å². The summed E-state index contributed by atoms with van der Waals surface area (Å²) in [4.78, 5) is 16.4. The molecule has 5 rings (SSSR count). The quantitative estimate of drug-likeness (QED) is 0.766. The van der Waals surface area contributed by atoms with Gasteiger partial charge in [0.15, 0.2) is 0 Å². The molecule has 0 radical (unpaired) electrons. The van der Waals surface area contributed by atoms with Crippen LogP contribution in [0.5, 0.6) is 0 Å². The summed E-state index contributed by atoms with van der Waals surface area (Å²) < 4.78 is 15.4. The van der Waals surface area contributed by atoms with Gasteiger partial charge in [0.05, 0.1) is 0 Å². The molecule has 0 aromatic carbocycles. The number of hydrogen-bond donors (Lipinski definition) is 1. The van der Waals surface area contributed by atoms with E-state index in [4.69, 9.17) is 0 Å². The van der Waals surface area contributed by atoms with Gasteiger partial charge in [0.1, 0.15) is 6.17 Å². The largest absolute Gasteiger partial charge is 0.353 e. The van der Waals surface area contributed by atoms with Crippen molar-refractivity contribution >= 4 is 11.5 Å². The number of fused-ring (bicyclic) bond motifs is 5. The number of halogens is 1. The number of aromatic nitrogens is 1. The molecule has 148 valence electrons. The third-order valence-electron chi connectivity index (χ3n) is 8.52. The Bertz CT molecular complexity index is 863. The van der Waals surface area contributed by atoms with Crippen LogP contribution in [0, 0.1) is 28.6 Å². The summed E-state index contributed by atoms with van der Waals surface area (Å²) in [5, 5.41) is 2.93. The molecule has 4 unspecified atom stereocenters. The number of carbonyl (C=O) groups excluding carboxylic acids is 1. The summed E-state index contributed by atoms with van der Waals surface area (Å²) in [5.74, 6) is 1.18. The Morgan fingerprint density at radius 1 is 1.21 bits per heavy atom. The van der Waals surface area contributed by atoms with Crippen LogP contribution in [0.2, 0.25) is 0 Å². The second-order valence-corrected chi connectivity index (χ2v) is 9.69. The molecule has 1 aliphatic heterocycles. The molecule has 1 aromatic heterocycles. The van der Waals surface area contributed by atoms with Gasteiger partial charge in [-0.15, -0.1) is 0 Å². The molecular formula is C24H29FN2O. The fourth-order valence-electron chi connectivity index (χ4n) is 7.10. The number of pyridine rings is 1. The smallest absolute Gasteiger partial charge is 0.244 e. The number of amides is 1. The molecule has 2 fully saturated rings. The lowest BCUT2D eigenvalue weighted by Gasteiger charge is -2.57. The summed E-state index contributed by atoms with van der Waals surface area (Å²) in [6, 6.07) is 4.16. The molecule has 1 N–H and O–H groups in total. The van der Waals surface area contributed by atoms with Crippen molar-refractivity contribution in [2.24, 2.45) is 28.6 Å². The van der Waals surface area contributed by atoms with Gasteiger partial charge in [-0.25, -0.2) is 4.39 Å². The molecule has 0 spiro atoms. The van der Waals surface area contributed by atoms with Gasteiger partial charge in [0.25, 0.3) is 0 Å². The van der Waals surface area contributed by atoms with Crippen molar-refractivity contribution in [3.63, 3.8) is 0 Å². The van der Waals surface area contributed by atoms with E-state index in [9.17, 15) is 4.79 Å². The Kier molecular flexibility index (Phi) is 4.05. The molecule has 0 bridgehead atoms. The van der Waals surface area contributed by atoms with Crippen molar-refractivity contribution in [2.75, 3.05) is 6.54 Å². The first-order valence-electron chi connectivity index (χ1n) is 10.7. The highest BCUT2D eigenvalue weighted by molar-refractivity contribution is 5.89. The molecule has 4 heteroatoms. The SMILES string of the molecule is C[C@]12CCNC(=O)C=C1C(F)CC1C2CC[C@]2(C)C(c3cccnc3)=CCC12. The first kappa shape index (κ1) is 18.1. The zero-order valence-corrected chi connectivity index (χ0v) is 16.7. The van der Waals surface area contributed by atoms with E-state index in [0.29, 0.717) is 30.7 Å². The number of alkyl halides is 1. The zero-order valence-electron chi connectivity index (χ0n) is 16.7. The van der Waals surface area contributed by atoms with Crippen LogP contribution in [0.1, 0.15) is 51.5 Å². The van der Waals surface area contributed by atoms with Crippen LogP contribution in [0.25, 0.3) is 5.57 Å². The fourth-order valence-corrected chi connectivity index (χ4v) is 7.10. The van der Waals surface area contributed by atoms with Gasteiger partial charge in [-0.1, -0.05) is 26.0 Å². The standard InChI is InChI=1S/C24H29FN2O/c1-23-8-7-19-16(18(23)6-5-17(23)15-4-3-10-26-14-15)12-21(25)20-13-22(28)27-11-9-24(19,20)2/h3-5,10,13-14,16,18-19,21H,6-9,11-12H2,1-2H3,(H,27,28)/t16?,18?,19?,21?,23-,24-/m1/s1. The highest BCUT2D eigenvalue weighted by atomic mass is 19.1. The van der Waals surface area contributed by atoms with Crippen molar-refractivity contribution in [3.05, 3.63) is 47.8 Å². The number of hydrogen-bond acceptors (Lipinski definition) is 2. The van der Waals surface area contributed by atoms with E-state index in [-0.39, 0.29) is 16.7 Å². The number of nitrogens with zero attached hydrogens (tertiary/aromatic N) is 1. The molecule has 1 amide bonds. The molecule has 1 aromatic rings.